The van der Waals surface area contributed by atoms with Crippen molar-refractivity contribution in [2.24, 2.45) is 5.84 Å². The number of aromatic nitrogens is 2. The predicted molar refractivity (Wildman–Crippen MR) is 79.4 cm³/mol. The van der Waals surface area contributed by atoms with Crippen LogP contribution in [0.5, 0.6) is 0 Å². The Morgan fingerprint density at radius 1 is 1.16 bits per heavy atom. The molecule has 3 N–H and O–H groups in total. The van der Waals surface area contributed by atoms with Crippen molar-refractivity contribution in [2.75, 3.05) is 0 Å². The van der Waals surface area contributed by atoms with Crippen LogP contribution < -0.4 is 11.3 Å². The van der Waals surface area contributed by atoms with Gasteiger partial charge in [0.05, 0.1) is 11.7 Å². The first-order chi connectivity index (χ1) is 9.27. The Morgan fingerprint density at radius 3 is 2.47 bits per heavy atom. The summed E-state index contributed by atoms with van der Waals surface area (Å²) in [5, 5.41) is 0. The molecular weight excluding hydrogens is 236 g/mol. The van der Waals surface area contributed by atoms with E-state index in [1.165, 1.54) is 44.9 Å². The first-order valence-electron chi connectivity index (χ1n) is 7.53. The van der Waals surface area contributed by atoms with Crippen molar-refractivity contribution >= 4 is 0 Å². The molecule has 1 rings (SSSR count). The number of aryl methyl sites for hydroxylation is 1. The number of nitrogens with zero attached hydrogens (tertiary/aromatic N) is 2. The zero-order chi connectivity index (χ0) is 13.9. The van der Waals surface area contributed by atoms with E-state index in [9.17, 15) is 0 Å². The Balaban J connectivity index is 2.22. The summed E-state index contributed by atoms with van der Waals surface area (Å²) in [6.45, 7) is 4.16. The minimum atomic E-state index is 0.150. The summed E-state index contributed by atoms with van der Waals surface area (Å²) in [4.78, 5) is 8.55. The van der Waals surface area contributed by atoms with E-state index < -0.39 is 0 Å². The lowest BCUT2D eigenvalue weighted by atomic mass is 10.0. The fourth-order valence-electron chi connectivity index (χ4n) is 2.29. The van der Waals surface area contributed by atoms with Gasteiger partial charge in [-0.05, 0) is 19.4 Å². The molecule has 0 saturated heterocycles. The smallest absolute Gasteiger partial charge is 0.125 e. The van der Waals surface area contributed by atoms with Gasteiger partial charge in [0.1, 0.15) is 5.82 Å². The van der Waals surface area contributed by atoms with E-state index in [0.29, 0.717) is 0 Å². The van der Waals surface area contributed by atoms with Crippen molar-refractivity contribution in [3.63, 3.8) is 0 Å². The molecule has 0 aromatic carbocycles. The number of unbranched alkanes of at least 4 members (excludes halogenated alkanes) is 6. The average molecular weight is 264 g/mol. The monoisotopic (exact) mass is 264 g/mol. The second kappa shape index (κ2) is 9.87. The SMILES string of the molecule is CCCCCCCCCC(NN)c1ccnc(C)n1. The molecule has 0 radical (unpaired) electrons. The van der Waals surface area contributed by atoms with E-state index >= 15 is 0 Å². The third-order valence-corrected chi connectivity index (χ3v) is 3.45. The van der Waals surface area contributed by atoms with Crippen LogP contribution in [0.2, 0.25) is 0 Å². The van der Waals surface area contributed by atoms with Gasteiger partial charge in [0, 0.05) is 6.20 Å². The third kappa shape index (κ3) is 6.64. The van der Waals surface area contributed by atoms with Gasteiger partial charge >= 0.3 is 0 Å². The third-order valence-electron chi connectivity index (χ3n) is 3.45. The number of hydrogen-bond acceptors (Lipinski definition) is 4. The fraction of sp³-hybridized carbons (Fsp3) is 0.733. The summed E-state index contributed by atoms with van der Waals surface area (Å²) < 4.78 is 0. The molecule has 0 aliphatic heterocycles. The quantitative estimate of drug-likeness (QED) is 0.386. The highest BCUT2D eigenvalue weighted by molar-refractivity contribution is 5.06. The van der Waals surface area contributed by atoms with Crippen LogP contribution in [0.15, 0.2) is 12.3 Å². The van der Waals surface area contributed by atoms with Gasteiger partial charge in [-0.15, -0.1) is 0 Å². The van der Waals surface area contributed by atoms with Crippen LogP contribution >= 0.6 is 0 Å². The van der Waals surface area contributed by atoms with Gasteiger partial charge in [0.15, 0.2) is 0 Å². The lowest BCUT2D eigenvalue weighted by Gasteiger charge is -2.15. The van der Waals surface area contributed by atoms with Crippen LogP contribution in [0.1, 0.15) is 75.9 Å². The second-order valence-corrected chi connectivity index (χ2v) is 5.16. The molecular formula is C15H28N4. The molecule has 1 aromatic heterocycles. The molecule has 0 aliphatic rings. The Bertz CT molecular complexity index is 341. The van der Waals surface area contributed by atoms with E-state index in [2.05, 4.69) is 22.3 Å². The minimum absolute atomic E-state index is 0.150. The van der Waals surface area contributed by atoms with Crippen molar-refractivity contribution in [3.8, 4) is 0 Å². The summed E-state index contributed by atoms with van der Waals surface area (Å²) in [5.41, 5.74) is 3.87. The fourth-order valence-corrected chi connectivity index (χ4v) is 2.29. The predicted octanol–water partition coefficient (Wildman–Crippen LogP) is 3.43. The maximum atomic E-state index is 5.62. The zero-order valence-electron chi connectivity index (χ0n) is 12.4. The van der Waals surface area contributed by atoms with E-state index in [0.717, 1.165) is 17.9 Å². The topological polar surface area (TPSA) is 63.8 Å². The Kier molecular flexibility index (Phi) is 8.34. The highest BCUT2D eigenvalue weighted by atomic mass is 15.2. The molecule has 1 aromatic rings. The molecule has 0 amide bonds. The van der Waals surface area contributed by atoms with Crippen LogP contribution in [0.4, 0.5) is 0 Å². The number of nitrogens with one attached hydrogen (secondary N) is 1. The summed E-state index contributed by atoms with van der Waals surface area (Å²) in [6.07, 6.45) is 12.1. The van der Waals surface area contributed by atoms with Gasteiger partial charge in [0.2, 0.25) is 0 Å². The first-order valence-corrected chi connectivity index (χ1v) is 7.53. The van der Waals surface area contributed by atoms with Gasteiger partial charge in [0.25, 0.3) is 0 Å². The average Bonchev–Trinajstić information content (AvgIpc) is 2.42. The van der Waals surface area contributed by atoms with Crippen molar-refractivity contribution in [2.45, 2.75) is 71.3 Å². The normalized spacial score (nSPS) is 12.6. The van der Waals surface area contributed by atoms with E-state index in [4.69, 9.17) is 5.84 Å². The molecule has 0 aliphatic carbocycles. The molecule has 108 valence electrons. The summed E-state index contributed by atoms with van der Waals surface area (Å²) in [6, 6.07) is 2.09. The van der Waals surface area contributed by atoms with Crippen LogP contribution in [0.3, 0.4) is 0 Å². The molecule has 0 bridgehead atoms. The van der Waals surface area contributed by atoms with Crippen LogP contribution in [0.25, 0.3) is 0 Å². The van der Waals surface area contributed by atoms with Gasteiger partial charge < -0.3 is 0 Å². The van der Waals surface area contributed by atoms with Crippen LogP contribution in [0, 0.1) is 6.92 Å². The number of rotatable bonds is 10. The lowest BCUT2D eigenvalue weighted by Crippen LogP contribution is -2.28. The summed E-state index contributed by atoms with van der Waals surface area (Å²) >= 11 is 0. The summed E-state index contributed by atoms with van der Waals surface area (Å²) in [5.74, 6) is 6.43. The molecule has 0 spiro atoms. The van der Waals surface area contributed by atoms with E-state index in [1.807, 2.05) is 13.0 Å². The molecule has 4 nitrogen and oxygen atoms in total. The molecule has 0 saturated carbocycles. The van der Waals surface area contributed by atoms with E-state index in [-0.39, 0.29) is 6.04 Å². The van der Waals surface area contributed by atoms with E-state index in [1.54, 1.807) is 6.20 Å². The van der Waals surface area contributed by atoms with Gasteiger partial charge in [-0.25, -0.2) is 9.97 Å². The van der Waals surface area contributed by atoms with Crippen LogP contribution in [-0.4, -0.2) is 9.97 Å². The molecule has 1 unspecified atom stereocenters. The molecule has 1 atom stereocenters. The molecule has 0 fully saturated rings. The van der Waals surface area contributed by atoms with Crippen molar-refractivity contribution in [3.05, 3.63) is 23.8 Å². The Labute approximate surface area is 117 Å². The van der Waals surface area contributed by atoms with Gasteiger partial charge in [-0.2, -0.15) is 0 Å². The number of hydrogen-bond donors (Lipinski definition) is 2. The maximum Gasteiger partial charge on any atom is 0.125 e. The maximum absolute atomic E-state index is 5.62. The Hall–Kier alpha value is -1.00. The van der Waals surface area contributed by atoms with Crippen molar-refractivity contribution in [1.82, 2.24) is 15.4 Å². The zero-order valence-corrected chi connectivity index (χ0v) is 12.4. The first kappa shape index (κ1) is 16.1. The number of hydrazine groups is 1. The van der Waals surface area contributed by atoms with Gasteiger partial charge in [-0.1, -0.05) is 51.9 Å². The van der Waals surface area contributed by atoms with Crippen molar-refractivity contribution in [1.29, 1.82) is 0 Å². The molecule has 1 heterocycles. The van der Waals surface area contributed by atoms with Gasteiger partial charge in [-0.3, -0.25) is 11.3 Å². The van der Waals surface area contributed by atoms with Crippen molar-refractivity contribution < 1.29 is 0 Å². The lowest BCUT2D eigenvalue weighted by molar-refractivity contribution is 0.466. The minimum Gasteiger partial charge on any atom is -0.271 e. The summed E-state index contributed by atoms with van der Waals surface area (Å²) in [7, 11) is 0. The second-order valence-electron chi connectivity index (χ2n) is 5.16. The molecule has 19 heavy (non-hydrogen) atoms. The largest absolute Gasteiger partial charge is 0.271 e. The molecule has 4 heteroatoms. The highest BCUT2D eigenvalue weighted by Gasteiger charge is 2.10. The Morgan fingerprint density at radius 2 is 1.84 bits per heavy atom. The number of nitrogens with two attached hydrogens (primary N) is 1. The highest BCUT2D eigenvalue weighted by Crippen LogP contribution is 2.18. The van der Waals surface area contributed by atoms with Crippen LogP contribution in [-0.2, 0) is 0 Å². The standard InChI is InChI=1S/C15H28N4/c1-3-4-5-6-7-8-9-10-15(19-16)14-11-12-17-13(2)18-14/h11-12,15,19H,3-10,16H2,1-2H3.